The Morgan fingerprint density at radius 1 is 1.50 bits per heavy atom. The molecule has 0 fully saturated rings. The molecule has 12 heavy (non-hydrogen) atoms. The van der Waals surface area contributed by atoms with Crippen LogP contribution in [0.1, 0.15) is 12.6 Å². The summed E-state index contributed by atoms with van der Waals surface area (Å²) in [5, 5.41) is 4.75. The third-order valence-electron chi connectivity index (χ3n) is 1.76. The van der Waals surface area contributed by atoms with E-state index in [1.165, 1.54) is 0 Å². The Morgan fingerprint density at radius 3 is 3.08 bits per heavy atom. The highest BCUT2D eigenvalue weighted by Crippen LogP contribution is 2.10. The van der Waals surface area contributed by atoms with Crippen LogP contribution in [0, 0.1) is 0 Å². The zero-order chi connectivity index (χ0) is 8.55. The largest absolute Gasteiger partial charge is 0.235 e. The van der Waals surface area contributed by atoms with Crippen LogP contribution in [0.25, 0.3) is 5.65 Å². The van der Waals surface area contributed by atoms with Crippen LogP contribution in [0.3, 0.4) is 0 Å². The Kier molecular flexibility index (Phi) is 1.73. The van der Waals surface area contributed by atoms with Gasteiger partial charge < -0.3 is 0 Å². The van der Waals surface area contributed by atoms with Gasteiger partial charge in [0.1, 0.15) is 0 Å². The number of rotatable bonds is 1. The molecular weight excluding hydrogens is 174 g/mol. The van der Waals surface area contributed by atoms with Gasteiger partial charge in [-0.1, -0.05) is 18.5 Å². The number of nitrogens with zero attached hydrogens (tertiary/aromatic N) is 3. The third-order valence-corrected chi connectivity index (χ3v) is 1.97. The molecule has 62 valence electrons. The summed E-state index contributed by atoms with van der Waals surface area (Å²) >= 11 is 5.76. The highest BCUT2D eigenvalue weighted by Gasteiger charge is 2.01. The molecule has 0 atom stereocenters. The van der Waals surface area contributed by atoms with Crippen molar-refractivity contribution in [1.29, 1.82) is 0 Å². The predicted molar refractivity (Wildman–Crippen MR) is 47.4 cm³/mol. The van der Waals surface area contributed by atoms with Gasteiger partial charge in [0.05, 0.1) is 23.1 Å². The molecule has 3 nitrogen and oxygen atoms in total. The molecule has 0 spiro atoms. The minimum atomic E-state index is 0.621. The fourth-order valence-electron chi connectivity index (χ4n) is 1.14. The lowest BCUT2D eigenvalue weighted by molar-refractivity contribution is 0.859. The first kappa shape index (κ1) is 7.55. The molecule has 2 heterocycles. The van der Waals surface area contributed by atoms with Crippen LogP contribution in [0.4, 0.5) is 0 Å². The second-order valence-electron chi connectivity index (χ2n) is 2.55. The van der Waals surface area contributed by atoms with Crippen molar-refractivity contribution in [3.05, 3.63) is 29.2 Å². The SMILES string of the molecule is CCc1cnc2cc(Cl)cnn12. The lowest BCUT2D eigenvalue weighted by Crippen LogP contribution is -1.94. The summed E-state index contributed by atoms with van der Waals surface area (Å²) in [6.07, 6.45) is 4.36. The van der Waals surface area contributed by atoms with Gasteiger partial charge in [-0.3, -0.25) is 0 Å². The Morgan fingerprint density at radius 2 is 2.33 bits per heavy atom. The molecule has 0 radical (unpaired) electrons. The molecule has 0 aliphatic carbocycles. The van der Waals surface area contributed by atoms with E-state index in [0.717, 1.165) is 17.8 Å². The molecule has 0 bridgehead atoms. The van der Waals surface area contributed by atoms with Gasteiger partial charge in [-0.05, 0) is 6.42 Å². The average molecular weight is 182 g/mol. The highest BCUT2D eigenvalue weighted by molar-refractivity contribution is 6.30. The van der Waals surface area contributed by atoms with Crippen LogP contribution in [0.2, 0.25) is 5.02 Å². The highest BCUT2D eigenvalue weighted by atomic mass is 35.5. The summed E-state index contributed by atoms with van der Waals surface area (Å²) in [6.45, 7) is 2.07. The maximum absolute atomic E-state index is 5.76. The Balaban J connectivity index is 2.73. The fraction of sp³-hybridized carbons (Fsp3) is 0.250. The summed E-state index contributed by atoms with van der Waals surface area (Å²) < 4.78 is 1.80. The third kappa shape index (κ3) is 1.06. The maximum Gasteiger partial charge on any atom is 0.155 e. The molecule has 0 aliphatic rings. The van der Waals surface area contributed by atoms with E-state index in [-0.39, 0.29) is 0 Å². The molecule has 4 heteroatoms. The van der Waals surface area contributed by atoms with Crippen LogP contribution in [0.15, 0.2) is 18.5 Å². The smallest absolute Gasteiger partial charge is 0.155 e. The zero-order valence-corrected chi connectivity index (χ0v) is 7.41. The van der Waals surface area contributed by atoms with Gasteiger partial charge >= 0.3 is 0 Å². The molecule has 2 aromatic heterocycles. The lowest BCUT2D eigenvalue weighted by atomic mass is 10.4. The predicted octanol–water partition coefficient (Wildman–Crippen LogP) is 1.95. The molecular formula is C8H8ClN3. The normalized spacial score (nSPS) is 10.8. The van der Waals surface area contributed by atoms with E-state index in [4.69, 9.17) is 11.6 Å². The maximum atomic E-state index is 5.76. The van der Waals surface area contributed by atoms with Crippen LogP contribution in [0.5, 0.6) is 0 Å². The quantitative estimate of drug-likeness (QED) is 0.673. The van der Waals surface area contributed by atoms with Crippen molar-refractivity contribution in [2.24, 2.45) is 0 Å². The summed E-state index contributed by atoms with van der Waals surface area (Å²) in [4.78, 5) is 4.17. The Hall–Kier alpha value is -1.09. The molecule has 0 aromatic carbocycles. The van der Waals surface area contributed by atoms with Crippen LogP contribution >= 0.6 is 11.6 Å². The molecule has 0 aliphatic heterocycles. The van der Waals surface area contributed by atoms with Crippen molar-refractivity contribution in [2.75, 3.05) is 0 Å². The number of fused-ring (bicyclic) bond motifs is 1. The lowest BCUT2D eigenvalue weighted by Gasteiger charge is -1.95. The first-order valence-corrected chi connectivity index (χ1v) is 4.17. The van der Waals surface area contributed by atoms with Gasteiger partial charge in [0.2, 0.25) is 0 Å². The fourth-order valence-corrected chi connectivity index (χ4v) is 1.28. The number of halogens is 1. The summed E-state index contributed by atoms with van der Waals surface area (Å²) in [6, 6.07) is 1.80. The topological polar surface area (TPSA) is 30.2 Å². The number of hydrogen-bond acceptors (Lipinski definition) is 2. The van der Waals surface area contributed by atoms with Crippen LogP contribution in [-0.4, -0.2) is 14.6 Å². The van der Waals surface area contributed by atoms with Crippen molar-refractivity contribution in [3.63, 3.8) is 0 Å². The van der Waals surface area contributed by atoms with E-state index in [9.17, 15) is 0 Å². The van der Waals surface area contributed by atoms with Crippen molar-refractivity contribution in [3.8, 4) is 0 Å². The minimum absolute atomic E-state index is 0.621. The second kappa shape index (κ2) is 2.75. The number of aromatic nitrogens is 3. The first-order valence-electron chi connectivity index (χ1n) is 3.79. The van der Waals surface area contributed by atoms with Crippen molar-refractivity contribution < 1.29 is 0 Å². The van der Waals surface area contributed by atoms with Gasteiger partial charge in [0.25, 0.3) is 0 Å². The molecule has 0 saturated heterocycles. The van der Waals surface area contributed by atoms with E-state index in [0.29, 0.717) is 5.02 Å². The molecule has 0 unspecified atom stereocenters. The van der Waals surface area contributed by atoms with Gasteiger partial charge in [-0.2, -0.15) is 5.10 Å². The van der Waals surface area contributed by atoms with E-state index in [1.807, 2.05) is 6.20 Å². The molecule has 2 rings (SSSR count). The minimum Gasteiger partial charge on any atom is -0.235 e. The van der Waals surface area contributed by atoms with E-state index < -0.39 is 0 Å². The molecule has 0 saturated carbocycles. The number of aryl methyl sites for hydroxylation is 1. The number of imidazole rings is 1. The monoisotopic (exact) mass is 181 g/mol. The number of hydrogen-bond donors (Lipinski definition) is 0. The molecule has 0 amide bonds. The van der Waals surface area contributed by atoms with Crippen molar-refractivity contribution in [2.45, 2.75) is 13.3 Å². The van der Waals surface area contributed by atoms with Gasteiger partial charge in [-0.25, -0.2) is 9.50 Å². The second-order valence-corrected chi connectivity index (χ2v) is 2.98. The van der Waals surface area contributed by atoms with Crippen LogP contribution < -0.4 is 0 Å². The summed E-state index contributed by atoms with van der Waals surface area (Å²) in [7, 11) is 0. The van der Waals surface area contributed by atoms with Crippen LogP contribution in [-0.2, 0) is 6.42 Å². The van der Waals surface area contributed by atoms with E-state index >= 15 is 0 Å². The Bertz CT molecular complexity index is 408. The zero-order valence-electron chi connectivity index (χ0n) is 6.66. The van der Waals surface area contributed by atoms with Gasteiger partial charge in [0, 0.05) is 6.07 Å². The van der Waals surface area contributed by atoms with E-state index in [2.05, 4.69) is 17.0 Å². The van der Waals surface area contributed by atoms with Gasteiger partial charge in [0.15, 0.2) is 5.65 Å². The van der Waals surface area contributed by atoms with Crippen molar-refractivity contribution >= 4 is 17.2 Å². The molecule has 0 N–H and O–H groups in total. The average Bonchev–Trinajstić information content (AvgIpc) is 2.46. The van der Waals surface area contributed by atoms with Crippen molar-refractivity contribution in [1.82, 2.24) is 14.6 Å². The Labute approximate surface area is 75.0 Å². The van der Waals surface area contributed by atoms with E-state index in [1.54, 1.807) is 16.8 Å². The van der Waals surface area contributed by atoms with Gasteiger partial charge in [-0.15, -0.1) is 0 Å². The standard InChI is InChI=1S/C8H8ClN3/c1-2-7-5-10-8-3-6(9)4-11-12(7)8/h3-5H,2H2,1H3. The summed E-state index contributed by atoms with van der Waals surface area (Å²) in [5.74, 6) is 0. The molecule has 2 aromatic rings. The first-order chi connectivity index (χ1) is 5.81. The summed E-state index contributed by atoms with van der Waals surface area (Å²) in [5.41, 5.74) is 1.90.